The first kappa shape index (κ1) is 11.8. The van der Waals surface area contributed by atoms with Crippen molar-refractivity contribution >= 4 is 5.97 Å². The lowest BCUT2D eigenvalue weighted by Gasteiger charge is -2.13. The highest BCUT2D eigenvalue weighted by atomic mass is 19.2. The van der Waals surface area contributed by atoms with Crippen molar-refractivity contribution in [2.75, 3.05) is 0 Å². The predicted molar refractivity (Wildman–Crippen MR) is 44.3 cm³/mol. The fourth-order valence-electron chi connectivity index (χ4n) is 1.63. The number of hydrogen-bond donors (Lipinski definition) is 0. The molecule has 0 N–H and O–H groups in total. The molecule has 0 bridgehead atoms. The largest absolute Gasteiger partial charge is 0.457 e. The van der Waals surface area contributed by atoms with Gasteiger partial charge in [-0.2, -0.15) is 0 Å². The van der Waals surface area contributed by atoms with E-state index in [1.165, 1.54) is 0 Å². The number of carbonyl (C=O) groups is 1. The lowest BCUT2D eigenvalue weighted by Crippen LogP contribution is -2.11. The van der Waals surface area contributed by atoms with Crippen LogP contribution in [-0.2, 0) is 9.53 Å². The van der Waals surface area contributed by atoms with Crippen molar-refractivity contribution in [1.82, 2.24) is 0 Å². The molecule has 7 heteroatoms. The lowest BCUT2D eigenvalue weighted by molar-refractivity contribution is -0.141. The number of esters is 1. The Bertz CT molecular complexity index is 471. The summed E-state index contributed by atoms with van der Waals surface area (Å²) in [5.74, 6) is -11.0. The van der Waals surface area contributed by atoms with Gasteiger partial charge in [0.05, 0.1) is 5.56 Å². The van der Waals surface area contributed by atoms with Gasteiger partial charge in [-0.15, -0.1) is 0 Å². The normalized spacial score (nSPS) is 19.6. The average molecular weight is 252 g/mol. The molecule has 1 aromatic carbocycles. The quantitative estimate of drug-likeness (QED) is 0.332. The Morgan fingerprint density at radius 1 is 0.882 bits per heavy atom. The molecule has 1 heterocycles. The monoisotopic (exact) mass is 252 g/mol. The summed E-state index contributed by atoms with van der Waals surface area (Å²) in [5.41, 5.74) is -1.09. The van der Waals surface area contributed by atoms with Gasteiger partial charge in [-0.05, 0) is 6.42 Å². The molecule has 1 fully saturated rings. The molecule has 17 heavy (non-hydrogen) atoms. The molecule has 0 radical (unpaired) electrons. The van der Waals surface area contributed by atoms with Crippen LogP contribution in [0.25, 0.3) is 0 Å². The van der Waals surface area contributed by atoms with Crippen molar-refractivity contribution < 1.29 is 31.5 Å². The molecule has 0 amide bonds. The smallest absolute Gasteiger partial charge is 0.306 e. The second-order valence-electron chi connectivity index (χ2n) is 3.50. The molecule has 0 spiro atoms. The van der Waals surface area contributed by atoms with Crippen molar-refractivity contribution in [2.24, 2.45) is 0 Å². The maximum Gasteiger partial charge on any atom is 0.306 e. The molecule has 0 unspecified atom stereocenters. The van der Waals surface area contributed by atoms with Crippen LogP contribution in [-0.4, -0.2) is 5.97 Å². The van der Waals surface area contributed by atoms with Gasteiger partial charge in [0.15, 0.2) is 23.3 Å². The van der Waals surface area contributed by atoms with Crippen LogP contribution < -0.4 is 0 Å². The highest BCUT2D eigenvalue weighted by Crippen LogP contribution is 2.35. The van der Waals surface area contributed by atoms with Crippen LogP contribution in [0.2, 0.25) is 0 Å². The first-order chi connectivity index (χ1) is 7.93. The highest BCUT2D eigenvalue weighted by Gasteiger charge is 2.35. The van der Waals surface area contributed by atoms with Gasteiger partial charge in [0, 0.05) is 6.42 Å². The number of rotatable bonds is 1. The Balaban J connectivity index is 2.57. The lowest BCUT2D eigenvalue weighted by atomic mass is 10.0. The van der Waals surface area contributed by atoms with Gasteiger partial charge in [0.2, 0.25) is 5.82 Å². The summed E-state index contributed by atoms with van der Waals surface area (Å²) in [6.45, 7) is 0. The van der Waals surface area contributed by atoms with E-state index in [4.69, 9.17) is 0 Å². The average Bonchev–Trinajstić information content (AvgIpc) is 2.71. The minimum atomic E-state index is -2.23. The summed E-state index contributed by atoms with van der Waals surface area (Å²) in [6.07, 6.45) is -1.66. The first-order valence-corrected chi connectivity index (χ1v) is 4.64. The number of hydrogen-bond acceptors (Lipinski definition) is 2. The fourth-order valence-corrected chi connectivity index (χ4v) is 1.63. The molecule has 2 rings (SSSR count). The van der Waals surface area contributed by atoms with Gasteiger partial charge in [0.1, 0.15) is 6.10 Å². The second-order valence-corrected chi connectivity index (χ2v) is 3.50. The number of halogens is 5. The SMILES string of the molecule is O=C1CC[C@H](c2c(F)c(F)c(F)c(F)c2F)O1. The van der Waals surface area contributed by atoms with E-state index in [1.807, 2.05) is 0 Å². The van der Waals surface area contributed by atoms with Gasteiger partial charge in [-0.1, -0.05) is 0 Å². The van der Waals surface area contributed by atoms with Gasteiger partial charge in [0.25, 0.3) is 0 Å². The molecule has 92 valence electrons. The molecular weight excluding hydrogens is 247 g/mol. The molecule has 1 atom stereocenters. The summed E-state index contributed by atoms with van der Waals surface area (Å²) in [6, 6.07) is 0. The van der Waals surface area contributed by atoms with E-state index in [1.54, 1.807) is 0 Å². The van der Waals surface area contributed by atoms with E-state index < -0.39 is 46.7 Å². The van der Waals surface area contributed by atoms with Crippen LogP contribution in [0.1, 0.15) is 24.5 Å². The minimum Gasteiger partial charge on any atom is -0.457 e. The third-order valence-electron chi connectivity index (χ3n) is 2.45. The maximum atomic E-state index is 13.3. The molecule has 0 aromatic heterocycles. The fraction of sp³-hybridized carbons (Fsp3) is 0.300. The molecule has 1 aliphatic heterocycles. The molecule has 2 nitrogen and oxygen atoms in total. The standard InChI is InChI=1S/C10H5F5O2/c11-6-5(3-1-2-4(16)17-3)7(12)9(14)10(15)8(6)13/h3H,1-2H2/t3-/m1/s1. The molecule has 1 aromatic rings. The van der Waals surface area contributed by atoms with E-state index in [2.05, 4.69) is 4.74 Å². The minimum absolute atomic E-state index is 0.114. The molecule has 1 aliphatic rings. The maximum absolute atomic E-state index is 13.3. The summed E-state index contributed by atoms with van der Waals surface area (Å²) in [7, 11) is 0. The van der Waals surface area contributed by atoms with Crippen LogP contribution in [0.3, 0.4) is 0 Å². The Hall–Kier alpha value is -1.66. The molecule has 0 saturated carbocycles. The van der Waals surface area contributed by atoms with Crippen LogP contribution in [0.15, 0.2) is 0 Å². The zero-order valence-corrected chi connectivity index (χ0v) is 8.20. The third-order valence-corrected chi connectivity index (χ3v) is 2.45. The van der Waals surface area contributed by atoms with Gasteiger partial charge < -0.3 is 4.74 Å². The Kier molecular flexibility index (Phi) is 2.76. The van der Waals surface area contributed by atoms with E-state index in [-0.39, 0.29) is 12.8 Å². The molecular formula is C10H5F5O2. The van der Waals surface area contributed by atoms with Crippen molar-refractivity contribution in [3.63, 3.8) is 0 Å². The van der Waals surface area contributed by atoms with Crippen LogP contribution in [0, 0.1) is 29.1 Å². The summed E-state index contributed by atoms with van der Waals surface area (Å²) < 4.78 is 69.5. The summed E-state index contributed by atoms with van der Waals surface area (Å²) in [4.78, 5) is 10.8. The van der Waals surface area contributed by atoms with E-state index in [9.17, 15) is 26.7 Å². The van der Waals surface area contributed by atoms with Crippen LogP contribution in [0.4, 0.5) is 22.0 Å². The predicted octanol–water partition coefficient (Wildman–Crippen LogP) is 2.76. The van der Waals surface area contributed by atoms with E-state index in [0.717, 1.165) is 0 Å². The zero-order chi connectivity index (χ0) is 12.7. The molecule has 1 saturated heterocycles. The number of ether oxygens (including phenoxy) is 1. The Morgan fingerprint density at radius 3 is 1.76 bits per heavy atom. The second kappa shape index (κ2) is 3.97. The number of cyclic esters (lactones) is 1. The van der Waals surface area contributed by atoms with Gasteiger partial charge in [-0.25, -0.2) is 22.0 Å². The third kappa shape index (κ3) is 1.75. The number of benzene rings is 1. The van der Waals surface area contributed by atoms with Crippen molar-refractivity contribution in [3.8, 4) is 0 Å². The van der Waals surface area contributed by atoms with Gasteiger partial charge in [-0.3, -0.25) is 4.79 Å². The van der Waals surface area contributed by atoms with Crippen LogP contribution >= 0.6 is 0 Å². The Morgan fingerprint density at radius 2 is 1.35 bits per heavy atom. The van der Waals surface area contributed by atoms with Crippen molar-refractivity contribution in [2.45, 2.75) is 18.9 Å². The molecule has 0 aliphatic carbocycles. The van der Waals surface area contributed by atoms with Crippen molar-refractivity contribution in [1.29, 1.82) is 0 Å². The first-order valence-electron chi connectivity index (χ1n) is 4.64. The van der Waals surface area contributed by atoms with Gasteiger partial charge >= 0.3 is 5.97 Å². The van der Waals surface area contributed by atoms with Crippen molar-refractivity contribution in [3.05, 3.63) is 34.6 Å². The highest BCUT2D eigenvalue weighted by molar-refractivity contribution is 5.71. The Labute approximate surface area is 92.0 Å². The van der Waals surface area contributed by atoms with E-state index >= 15 is 0 Å². The zero-order valence-electron chi connectivity index (χ0n) is 8.20. The summed E-state index contributed by atoms with van der Waals surface area (Å²) in [5, 5.41) is 0. The summed E-state index contributed by atoms with van der Waals surface area (Å²) >= 11 is 0. The topological polar surface area (TPSA) is 26.3 Å². The van der Waals surface area contributed by atoms with E-state index in [0.29, 0.717) is 0 Å². The van der Waals surface area contributed by atoms with Crippen LogP contribution in [0.5, 0.6) is 0 Å². The number of carbonyl (C=O) groups excluding carboxylic acids is 1.